The van der Waals surface area contributed by atoms with Crippen molar-refractivity contribution in [1.82, 2.24) is 4.72 Å². The molecule has 0 aliphatic heterocycles. The Balaban J connectivity index is 1.55. The van der Waals surface area contributed by atoms with E-state index < -0.39 is 16.0 Å². The molecule has 4 atom stereocenters. The van der Waals surface area contributed by atoms with Gasteiger partial charge in [0.05, 0.1) is 5.75 Å². The van der Waals surface area contributed by atoms with Gasteiger partial charge in [0, 0.05) is 12.5 Å². The minimum Gasteiger partial charge on any atom is -0.481 e. The summed E-state index contributed by atoms with van der Waals surface area (Å²) in [5.74, 6) is 0.774. The first-order valence-corrected chi connectivity index (χ1v) is 13.2. The predicted molar refractivity (Wildman–Crippen MR) is 124 cm³/mol. The zero-order chi connectivity index (χ0) is 22.5. The molecule has 6 heteroatoms. The number of nitrogens with one attached hydrogen (secondary N) is 1. The number of benzene rings is 1. The maximum absolute atomic E-state index is 12.9. The molecule has 3 aliphatic carbocycles. The normalized spacial score (nSPS) is 27.2. The minimum atomic E-state index is -3.33. The van der Waals surface area contributed by atoms with Crippen molar-refractivity contribution in [2.75, 3.05) is 5.75 Å². The lowest BCUT2D eigenvalue weighted by Gasteiger charge is -2.62. The molecular formula is C25H37NO4S. The van der Waals surface area contributed by atoms with Crippen LogP contribution in [0.2, 0.25) is 0 Å². The van der Waals surface area contributed by atoms with Crippen LogP contribution in [0.4, 0.5) is 0 Å². The molecule has 3 fully saturated rings. The summed E-state index contributed by atoms with van der Waals surface area (Å²) in [4.78, 5) is 10.6. The van der Waals surface area contributed by atoms with Crippen molar-refractivity contribution >= 4 is 16.0 Å². The van der Waals surface area contributed by atoms with Crippen LogP contribution < -0.4 is 4.72 Å². The first kappa shape index (κ1) is 24.0. The molecule has 1 aromatic carbocycles. The number of carboxylic acids is 1. The van der Waals surface area contributed by atoms with Gasteiger partial charge in [-0.1, -0.05) is 56.3 Å². The molecule has 2 N–H and O–H groups in total. The molecule has 0 radical (unpaired) electrons. The van der Waals surface area contributed by atoms with Gasteiger partial charge >= 0.3 is 5.97 Å². The summed E-state index contributed by atoms with van der Waals surface area (Å²) in [5, 5.41) is 8.74. The molecule has 3 saturated carbocycles. The molecule has 0 saturated heterocycles. The number of hydrogen-bond acceptors (Lipinski definition) is 3. The van der Waals surface area contributed by atoms with Gasteiger partial charge in [-0.25, -0.2) is 13.1 Å². The molecule has 172 valence electrons. The third kappa shape index (κ3) is 6.42. The summed E-state index contributed by atoms with van der Waals surface area (Å²) in [6.07, 6.45) is 10.2. The highest BCUT2D eigenvalue weighted by Crippen LogP contribution is 2.61. The van der Waals surface area contributed by atoms with E-state index in [1.54, 1.807) is 0 Å². The van der Waals surface area contributed by atoms with Crippen molar-refractivity contribution in [3.63, 3.8) is 0 Å². The molecule has 0 spiro atoms. The number of rotatable bonds is 12. The molecule has 31 heavy (non-hydrogen) atoms. The number of carboxylic acid groups (broad SMARTS) is 1. The van der Waals surface area contributed by atoms with E-state index in [1.807, 2.05) is 30.3 Å². The lowest BCUT2D eigenvalue weighted by molar-refractivity contribution is -0.137. The molecule has 0 heterocycles. The maximum Gasteiger partial charge on any atom is 0.303 e. The van der Waals surface area contributed by atoms with Gasteiger partial charge in [-0.05, 0) is 73.7 Å². The summed E-state index contributed by atoms with van der Waals surface area (Å²) in [6.45, 7) is 4.56. The van der Waals surface area contributed by atoms with Crippen molar-refractivity contribution in [3.05, 3.63) is 48.0 Å². The van der Waals surface area contributed by atoms with E-state index in [9.17, 15) is 13.2 Å². The number of allylic oxidation sites excluding steroid dienone is 2. The molecule has 0 amide bonds. The second-order valence-electron chi connectivity index (χ2n) is 9.90. The molecule has 5 nitrogen and oxygen atoms in total. The molecule has 4 unspecified atom stereocenters. The number of carbonyl (C=O) groups is 1. The Bertz CT molecular complexity index is 863. The van der Waals surface area contributed by atoms with Crippen molar-refractivity contribution in [2.24, 2.45) is 23.2 Å². The fraction of sp³-hybridized carbons (Fsp3) is 0.640. The Morgan fingerprint density at radius 2 is 1.90 bits per heavy atom. The van der Waals surface area contributed by atoms with Crippen LogP contribution in [-0.4, -0.2) is 31.3 Å². The van der Waals surface area contributed by atoms with Crippen molar-refractivity contribution < 1.29 is 18.3 Å². The van der Waals surface area contributed by atoms with Gasteiger partial charge in [0.1, 0.15) is 0 Å². The SMILES string of the molecule is CC1(C)C2CC(C/C=C/CCCC(=O)O)C(NS(=O)(=O)CCCc3ccccc3)C1C2. The average Bonchev–Trinajstić information content (AvgIpc) is 2.71. The van der Waals surface area contributed by atoms with Crippen molar-refractivity contribution in [2.45, 2.75) is 71.3 Å². The lowest BCUT2D eigenvalue weighted by Crippen LogP contribution is -2.63. The monoisotopic (exact) mass is 447 g/mol. The number of unbranched alkanes of at least 4 members (excludes halogenated alkanes) is 1. The molecule has 1 aromatic rings. The van der Waals surface area contributed by atoms with Gasteiger partial charge in [-0.15, -0.1) is 0 Å². The first-order valence-electron chi connectivity index (χ1n) is 11.6. The van der Waals surface area contributed by atoms with Crippen LogP contribution in [-0.2, 0) is 21.2 Å². The second kappa shape index (κ2) is 10.3. The Hall–Kier alpha value is -1.66. The Morgan fingerprint density at radius 3 is 2.58 bits per heavy atom. The summed E-state index contributed by atoms with van der Waals surface area (Å²) in [6, 6.07) is 10.0. The zero-order valence-electron chi connectivity index (χ0n) is 18.8. The first-order chi connectivity index (χ1) is 14.7. The van der Waals surface area contributed by atoms with Crippen LogP contribution in [0.25, 0.3) is 0 Å². The fourth-order valence-corrected chi connectivity index (χ4v) is 6.88. The zero-order valence-corrected chi connectivity index (χ0v) is 19.6. The number of aliphatic carboxylic acids is 1. The van der Waals surface area contributed by atoms with Gasteiger partial charge in [0.15, 0.2) is 0 Å². The summed E-state index contributed by atoms with van der Waals surface area (Å²) < 4.78 is 28.9. The van der Waals surface area contributed by atoms with Crippen LogP contribution in [0, 0.1) is 23.2 Å². The lowest BCUT2D eigenvalue weighted by atomic mass is 9.45. The Morgan fingerprint density at radius 1 is 1.16 bits per heavy atom. The fourth-order valence-electron chi connectivity index (χ4n) is 5.46. The number of hydrogen-bond donors (Lipinski definition) is 2. The van der Waals surface area contributed by atoms with E-state index in [0.29, 0.717) is 30.6 Å². The van der Waals surface area contributed by atoms with Crippen LogP contribution in [0.15, 0.2) is 42.5 Å². The quantitative estimate of drug-likeness (QED) is 0.356. The predicted octanol–water partition coefficient (Wildman–Crippen LogP) is 4.79. The highest BCUT2D eigenvalue weighted by atomic mass is 32.2. The van der Waals surface area contributed by atoms with E-state index >= 15 is 0 Å². The minimum absolute atomic E-state index is 0.00889. The van der Waals surface area contributed by atoms with E-state index in [2.05, 4.69) is 30.7 Å². The summed E-state index contributed by atoms with van der Waals surface area (Å²) >= 11 is 0. The van der Waals surface area contributed by atoms with Gasteiger partial charge in [0.25, 0.3) is 0 Å². The van der Waals surface area contributed by atoms with Crippen LogP contribution in [0.1, 0.15) is 64.4 Å². The highest BCUT2D eigenvalue weighted by molar-refractivity contribution is 7.89. The van der Waals surface area contributed by atoms with Crippen LogP contribution >= 0.6 is 0 Å². The van der Waals surface area contributed by atoms with Crippen LogP contribution in [0.3, 0.4) is 0 Å². The summed E-state index contributed by atoms with van der Waals surface area (Å²) in [5.41, 5.74) is 1.36. The average molecular weight is 448 g/mol. The Labute approximate surface area is 187 Å². The Kier molecular flexibility index (Phi) is 7.98. The second-order valence-corrected chi connectivity index (χ2v) is 11.8. The molecule has 0 aromatic heterocycles. The van der Waals surface area contributed by atoms with Crippen molar-refractivity contribution in [1.29, 1.82) is 0 Å². The van der Waals surface area contributed by atoms with Gasteiger partial charge in [-0.3, -0.25) is 4.79 Å². The third-order valence-corrected chi connectivity index (χ3v) is 8.94. The van der Waals surface area contributed by atoms with Crippen molar-refractivity contribution in [3.8, 4) is 0 Å². The molecule has 4 rings (SSSR count). The molecule has 3 aliphatic rings. The number of aryl methyl sites for hydroxylation is 1. The maximum atomic E-state index is 12.9. The standard InChI is InChI=1S/C25H37NO4S/c1-25(2)21-17-20(14-8-3-4-9-15-23(27)28)24(22(25)18-21)26-31(29,30)16-10-13-19-11-6-5-7-12-19/h3,5-8,11-12,20-22,24,26H,4,9-10,13-18H2,1-2H3,(H,27,28)/b8-3+. The van der Waals surface area contributed by atoms with E-state index in [-0.39, 0.29) is 23.6 Å². The van der Waals surface area contributed by atoms with Crippen LogP contribution in [0.5, 0.6) is 0 Å². The molecular weight excluding hydrogens is 410 g/mol. The van der Waals surface area contributed by atoms with E-state index in [0.717, 1.165) is 32.1 Å². The third-order valence-electron chi connectivity index (χ3n) is 7.48. The topological polar surface area (TPSA) is 83.5 Å². The van der Waals surface area contributed by atoms with Gasteiger partial charge in [-0.2, -0.15) is 0 Å². The summed E-state index contributed by atoms with van der Waals surface area (Å²) in [7, 11) is -3.33. The number of fused-ring (bicyclic) bond motifs is 2. The van der Waals surface area contributed by atoms with Gasteiger partial charge in [0.2, 0.25) is 10.0 Å². The van der Waals surface area contributed by atoms with E-state index in [1.165, 1.54) is 5.56 Å². The smallest absolute Gasteiger partial charge is 0.303 e. The molecule has 2 bridgehead atoms. The number of sulfonamides is 1. The van der Waals surface area contributed by atoms with Gasteiger partial charge < -0.3 is 5.11 Å². The van der Waals surface area contributed by atoms with E-state index in [4.69, 9.17) is 5.11 Å². The highest BCUT2D eigenvalue weighted by Gasteiger charge is 2.57. The largest absolute Gasteiger partial charge is 0.481 e.